The van der Waals surface area contributed by atoms with E-state index in [0.717, 1.165) is 43.6 Å². The van der Waals surface area contributed by atoms with Crippen molar-refractivity contribution in [2.45, 2.75) is 45.7 Å². The Bertz CT molecular complexity index is 631. The molecular weight excluding hydrogens is 268 g/mol. The lowest BCUT2D eigenvalue weighted by molar-refractivity contribution is 0.0542. The van der Waals surface area contributed by atoms with Crippen LogP contribution in [0.1, 0.15) is 41.1 Å². The fourth-order valence-electron chi connectivity index (χ4n) is 2.85. The maximum absolute atomic E-state index is 12.6. The minimum Gasteiger partial charge on any atom is -0.351 e. The summed E-state index contributed by atoms with van der Waals surface area (Å²) >= 11 is 0. The summed E-state index contributed by atoms with van der Waals surface area (Å²) in [5, 5.41) is 8.13. The second kappa shape index (κ2) is 5.71. The Labute approximate surface area is 123 Å². The minimum atomic E-state index is -0.0656. The van der Waals surface area contributed by atoms with E-state index in [2.05, 4.69) is 10.3 Å². The Morgan fingerprint density at radius 3 is 2.95 bits per heavy atom. The Morgan fingerprint density at radius 2 is 2.29 bits per heavy atom. The predicted molar refractivity (Wildman–Crippen MR) is 76.9 cm³/mol. The maximum atomic E-state index is 12.6. The average molecular weight is 288 g/mol. The Kier molecular flexibility index (Phi) is 3.77. The van der Waals surface area contributed by atoms with Crippen LogP contribution < -0.4 is 0 Å². The summed E-state index contributed by atoms with van der Waals surface area (Å²) in [6.45, 7) is 5.33. The normalized spacial score (nSPS) is 19.0. The Balaban J connectivity index is 1.76. The lowest BCUT2D eigenvalue weighted by Gasteiger charge is -2.35. The van der Waals surface area contributed by atoms with Crippen LogP contribution in [0, 0.1) is 13.8 Å². The highest BCUT2D eigenvalue weighted by molar-refractivity contribution is 5.91. The number of aryl methyl sites for hydroxylation is 2. The number of hydrogen-bond acceptors (Lipinski definition) is 4. The molecule has 6 heteroatoms. The first-order valence-electron chi connectivity index (χ1n) is 7.37. The SMILES string of the molecule is Cc1cnn(C[C@H]2CCCCN2C(=O)c2cc(C)no2)c1. The molecule has 1 aliphatic rings. The van der Waals surface area contributed by atoms with Crippen molar-refractivity contribution < 1.29 is 9.32 Å². The van der Waals surface area contributed by atoms with Crippen LogP contribution >= 0.6 is 0 Å². The monoisotopic (exact) mass is 288 g/mol. The standard InChI is InChI=1S/C15H20N4O2/c1-11-8-16-18(9-11)10-13-5-3-4-6-19(13)15(20)14-7-12(2)17-21-14/h7-9,13H,3-6,10H2,1-2H3/t13-/m1/s1. The van der Waals surface area contributed by atoms with E-state index in [-0.39, 0.29) is 11.9 Å². The van der Waals surface area contributed by atoms with E-state index >= 15 is 0 Å². The van der Waals surface area contributed by atoms with Gasteiger partial charge in [0.15, 0.2) is 0 Å². The Morgan fingerprint density at radius 1 is 1.43 bits per heavy atom. The summed E-state index contributed by atoms with van der Waals surface area (Å²) in [5.41, 5.74) is 1.86. The van der Waals surface area contributed by atoms with Crippen LogP contribution in [0.4, 0.5) is 0 Å². The van der Waals surface area contributed by atoms with E-state index in [1.807, 2.05) is 35.8 Å². The van der Waals surface area contributed by atoms with E-state index in [4.69, 9.17) is 4.52 Å². The molecule has 0 spiro atoms. The molecule has 1 aliphatic heterocycles. The van der Waals surface area contributed by atoms with E-state index < -0.39 is 0 Å². The average Bonchev–Trinajstić information content (AvgIpc) is 3.08. The first-order valence-corrected chi connectivity index (χ1v) is 7.37. The molecule has 0 saturated carbocycles. The first-order chi connectivity index (χ1) is 10.1. The van der Waals surface area contributed by atoms with E-state index in [1.54, 1.807) is 6.07 Å². The second-order valence-electron chi connectivity index (χ2n) is 5.72. The number of carbonyl (C=O) groups is 1. The maximum Gasteiger partial charge on any atom is 0.292 e. The lowest BCUT2D eigenvalue weighted by atomic mass is 10.0. The van der Waals surface area contributed by atoms with Crippen LogP contribution in [0.15, 0.2) is 23.0 Å². The third-order valence-electron chi connectivity index (χ3n) is 3.89. The van der Waals surface area contributed by atoms with Gasteiger partial charge >= 0.3 is 0 Å². The van der Waals surface area contributed by atoms with Crippen LogP contribution in [-0.2, 0) is 6.54 Å². The summed E-state index contributed by atoms with van der Waals surface area (Å²) in [5.74, 6) is 0.264. The molecule has 112 valence electrons. The van der Waals surface area contributed by atoms with E-state index in [0.29, 0.717) is 5.76 Å². The molecule has 3 rings (SSSR count). The van der Waals surface area contributed by atoms with Crippen molar-refractivity contribution in [2.75, 3.05) is 6.54 Å². The summed E-state index contributed by atoms with van der Waals surface area (Å²) in [6.07, 6.45) is 7.03. The van der Waals surface area contributed by atoms with Crippen LogP contribution in [0.25, 0.3) is 0 Å². The minimum absolute atomic E-state index is 0.0656. The van der Waals surface area contributed by atoms with Crippen molar-refractivity contribution in [3.05, 3.63) is 35.5 Å². The van der Waals surface area contributed by atoms with Crippen LogP contribution in [0.5, 0.6) is 0 Å². The number of nitrogens with zero attached hydrogens (tertiary/aromatic N) is 4. The molecule has 0 aliphatic carbocycles. The zero-order chi connectivity index (χ0) is 14.8. The Hall–Kier alpha value is -2.11. The summed E-state index contributed by atoms with van der Waals surface area (Å²) in [4.78, 5) is 14.5. The van der Waals surface area contributed by atoms with Gasteiger partial charge in [-0.1, -0.05) is 5.16 Å². The smallest absolute Gasteiger partial charge is 0.292 e. The van der Waals surface area contributed by atoms with E-state index in [9.17, 15) is 4.79 Å². The largest absolute Gasteiger partial charge is 0.351 e. The van der Waals surface area contributed by atoms with Gasteiger partial charge in [-0.05, 0) is 38.7 Å². The van der Waals surface area contributed by atoms with Gasteiger partial charge in [0, 0.05) is 18.8 Å². The predicted octanol–water partition coefficient (Wildman–Crippen LogP) is 2.18. The molecule has 1 atom stereocenters. The molecule has 0 N–H and O–H groups in total. The van der Waals surface area contributed by atoms with Crippen molar-refractivity contribution in [1.29, 1.82) is 0 Å². The zero-order valence-electron chi connectivity index (χ0n) is 12.5. The molecule has 6 nitrogen and oxygen atoms in total. The molecule has 21 heavy (non-hydrogen) atoms. The zero-order valence-corrected chi connectivity index (χ0v) is 12.5. The molecular formula is C15H20N4O2. The van der Waals surface area contributed by atoms with Gasteiger partial charge in [0.1, 0.15) is 0 Å². The number of carbonyl (C=O) groups excluding carboxylic acids is 1. The van der Waals surface area contributed by atoms with Crippen molar-refractivity contribution >= 4 is 5.91 Å². The number of piperidine rings is 1. The van der Waals surface area contributed by atoms with Crippen LogP contribution in [-0.4, -0.2) is 38.3 Å². The van der Waals surface area contributed by atoms with Gasteiger partial charge in [-0.3, -0.25) is 9.48 Å². The van der Waals surface area contributed by atoms with Gasteiger partial charge in [-0.25, -0.2) is 0 Å². The molecule has 1 fully saturated rings. The van der Waals surface area contributed by atoms with Gasteiger partial charge in [0.05, 0.1) is 24.5 Å². The van der Waals surface area contributed by atoms with Crippen molar-refractivity contribution in [2.24, 2.45) is 0 Å². The molecule has 3 heterocycles. The molecule has 2 aromatic heterocycles. The number of aromatic nitrogens is 3. The molecule has 0 aromatic carbocycles. The fraction of sp³-hybridized carbons (Fsp3) is 0.533. The summed E-state index contributed by atoms with van der Waals surface area (Å²) in [6, 6.07) is 1.86. The number of amides is 1. The molecule has 2 aromatic rings. The van der Waals surface area contributed by atoms with Gasteiger partial charge in [-0.15, -0.1) is 0 Å². The summed E-state index contributed by atoms with van der Waals surface area (Å²) < 4.78 is 7.03. The highest BCUT2D eigenvalue weighted by atomic mass is 16.5. The molecule has 0 radical (unpaired) electrons. The van der Waals surface area contributed by atoms with Crippen molar-refractivity contribution in [3.63, 3.8) is 0 Å². The number of rotatable bonds is 3. The number of hydrogen-bond donors (Lipinski definition) is 0. The lowest BCUT2D eigenvalue weighted by Crippen LogP contribution is -2.45. The number of likely N-dealkylation sites (tertiary alicyclic amines) is 1. The third kappa shape index (κ3) is 2.99. The van der Waals surface area contributed by atoms with Crippen molar-refractivity contribution in [1.82, 2.24) is 19.8 Å². The highest BCUT2D eigenvalue weighted by Gasteiger charge is 2.29. The van der Waals surface area contributed by atoms with Gasteiger partial charge in [-0.2, -0.15) is 5.10 Å². The fourth-order valence-corrected chi connectivity index (χ4v) is 2.85. The first kappa shape index (κ1) is 13.9. The van der Waals surface area contributed by atoms with Crippen molar-refractivity contribution in [3.8, 4) is 0 Å². The van der Waals surface area contributed by atoms with E-state index in [1.165, 1.54) is 0 Å². The molecule has 1 saturated heterocycles. The van der Waals surface area contributed by atoms with Crippen LogP contribution in [0.3, 0.4) is 0 Å². The molecule has 0 bridgehead atoms. The quantitative estimate of drug-likeness (QED) is 0.868. The third-order valence-corrected chi connectivity index (χ3v) is 3.89. The molecule has 0 unspecified atom stereocenters. The second-order valence-corrected chi connectivity index (χ2v) is 5.72. The van der Waals surface area contributed by atoms with Gasteiger partial charge < -0.3 is 9.42 Å². The van der Waals surface area contributed by atoms with Gasteiger partial charge in [0.25, 0.3) is 5.91 Å². The van der Waals surface area contributed by atoms with Gasteiger partial charge in [0.2, 0.25) is 5.76 Å². The summed E-state index contributed by atoms with van der Waals surface area (Å²) in [7, 11) is 0. The topological polar surface area (TPSA) is 64.2 Å². The molecule has 1 amide bonds. The van der Waals surface area contributed by atoms with Crippen LogP contribution in [0.2, 0.25) is 0 Å². The highest BCUT2D eigenvalue weighted by Crippen LogP contribution is 2.21.